The van der Waals surface area contributed by atoms with E-state index in [1.54, 1.807) is 12.2 Å². The van der Waals surface area contributed by atoms with Crippen molar-refractivity contribution in [1.82, 2.24) is 10.2 Å². The maximum atomic E-state index is 12.0. The first kappa shape index (κ1) is 17.4. The van der Waals surface area contributed by atoms with Gasteiger partial charge in [-0.2, -0.15) is 5.26 Å². The number of esters is 1. The van der Waals surface area contributed by atoms with Gasteiger partial charge in [-0.05, 0) is 0 Å². The largest absolute Gasteiger partial charge is 0.469 e. The second-order valence-corrected chi connectivity index (χ2v) is 3.74. The van der Waals surface area contributed by atoms with Gasteiger partial charge < -0.3 is 15.0 Å². The van der Waals surface area contributed by atoms with Gasteiger partial charge in [-0.1, -0.05) is 12.2 Å². The van der Waals surface area contributed by atoms with Crippen molar-refractivity contribution in [3.63, 3.8) is 0 Å². The van der Waals surface area contributed by atoms with Crippen LogP contribution in [0.2, 0.25) is 0 Å². The van der Waals surface area contributed by atoms with Crippen LogP contribution in [-0.2, 0) is 14.3 Å². The topological polar surface area (TPSA) is 82.4 Å². The molecule has 0 aromatic carbocycles. The third kappa shape index (κ3) is 6.40. The lowest BCUT2D eigenvalue weighted by Gasteiger charge is -2.18. The van der Waals surface area contributed by atoms with E-state index in [1.165, 1.54) is 18.2 Å². The average Bonchev–Trinajstić information content (AvgIpc) is 2.46. The zero-order valence-corrected chi connectivity index (χ0v) is 11.6. The standard InChI is InChI=1S/C14H19N3O3/c1-4-8-17(9-5-2)14(19)12(10-15)11-16-7-6-13(18)20-3/h4-5,11,16H,1-2,6-9H2,3H3/b12-11-. The minimum atomic E-state index is -0.419. The van der Waals surface area contributed by atoms with Gasteiger partial charge in [-0.15, -0.1) is 13.2 Å². The number of nitrogens with one attached hydrogen (secondary N) is 1. The smallest absolute Gasteiger partial charge is 0.307 e. The molecule has 0 aromatic heterocycles. The molecule has 0 rings (SSSR count). The fraction of sp³-hybridized carbons (Fsp3) is 0.357. The Morgan fingerprint density at radius 1 is 1.35 bits per heavy atom. The first-order valence-electron chi connectivity index (χ1n) is 6.02. The van der Waals surface area contributed by atoms with E-state index in [0.29, 0.717) is 13.1 Å². The van der Waals surface area contributed by atoms with E-state index in [1.807, 2.05) is 6.07 Å². The lowest BCUT2D eigenvalue weighted by atomic mass is 10.2. The first-order valence-corrected chi connectivity index (χ1v) is 6.02. The lowest BCUT2D eigenvalue weighted by molar-refractivity contribution is -0.140. The van der Waals surface area contributed by atoms with E-state index in [2.05, 4.69) is 23.2 Å². The van der Waals surface area contributed by atoms with Crippen molar-refractivity contribution in [2.24, 2.45) is 0 Å². The molecule has 0 aromatic rings. The highest BCUT2D eigenvalue weighted by Crippen LogP contribution is 2.01. The van der Waals surface area contributed by atoms with Crippen LogP contribution in [0.25, 0.3) is 0 Å². The second kappa shape index (κ2) is 10.4. The van der Waals surface area contributed by atoms with Crippen LogP contribution in [0.3, 0.4) is 0 Å². The average molecular weight is 277 g/mol. The summed E-state index contributed by atoms with van der Waals surface area (Å²) in [6, 6.07) is 1.82. The molecule has 0 bridgehead atoms. The van der Waals surface area contributed by atoms with E-state index in [0.717, 1.165) is 0 Å². The Hall–Kier alpha value is -2.55. The Balaban J connectivity index is 4.59. The molecule has 0 saturated heterocycles. The quantitative estimate of drug-likeness (QED) is 0.221. The first-order chi connectivity index (χ1) is 9.60. The van der Waals surface area contributed by atoms with E-state index >= 15 is 0 Å². The van der Waals surface area contributed by atoms with Crippen LogP contribution in [0, 0.1) is 11.3 Å². The lowest BCUT2D eigenvalue weighted by Crippen LogP contribution is -2.32. The van der Waals surface area contributed by atoms with Crippen molar-refractivity contribution < 1.29 is 14.3 Å². The van der Waals surface area contributed by atoms with Crippen LogP contribution in [0.1, 0.15) is 6.42 Å². The highest BCUT2D eigenvalue weighted by atomic mass is 16.5. The maximum Gasteiger partial charge on any atom is 0.307 e. The summed E-state index contributed by atoms with van der Waals surface area (Å²) < 4.78 is 4.47. The molecule has 1 amide bonds. The number of hydrogen-bond acceptors (Lipinski definition) is 5. The molecule has 0 fully saturated rings. The van der Waals surface area contributed by atoms with Gasteiger partial charge in [0, 0.05) is 25.8 Å². The summed E-state index contributed by atoms with van der Waals surface area (Å²) in [5.74, 6) is -0.784. The third-order valence-electron chi connectivity index (χ3n) is 2.28. The Labute approximate surface area is 119 Å². The number of carbonyl (C=O) groups excluding carboxylic acids is 2. The van der Waals surface area contributed by atoms with E-state index in [-0.39, 0.29) is 24.5 Å². The number of nitrogens with zero attached hydrogens (tertiary/aromatic N) is 2. The second-order valence-electron chi connectivity index (χ2n) is 3.74. The Morgan fingerprint density at radius 2 is 1.95 bits per heavy atom. The Kier molecular flexibility index (Phi) is 9.06. The zero-order chi connectivity index (χ0) is 15.4. The zero-order valence-electron chi connectivity index (χ0n) is 11.6. The van der Waals surface area contributed by atoms with Crippen molar-refractivity contribution in [1.29, 1.82) is 5.26 Å². The molecule has 0 saturated carbocycles. The van der Waals surface area contributed by atoms with Gasteiger partial charge in [0.05, 0.1) is 13.5 Å². The number of methoxy groups -OCH3 is 1. The van der Waals surface area contributed by atoms with Crippen LogP contribution >= 0.6 is 0 Å². The van der Waals surface area contributed by atoms with Crippen LogP contribution in [0.5, 0.6) is 0 Å². The molecular formula is C14H19N3O3. The van der Waals surface area contributed by atoms with Crippen LogP contribution < -0.4 is 5.32 Å². The summed E-state index contributed by atoms with van der Waals surface area (Å²) in [6.07, 6.45) is 4.59. The molecule has 0 aliphatic rings. The van der Waals surface area contributed by atoms with Gasteiger partial charge in [0.1, 0.15) is 11.6 Å². The van der Waals surface area contributed by atoms with Gasteiger partial charge in [0.2, 0.25) is 0 Å². The van der Waals surface area contributed by atoms with Gasteiger partial charge in [0.15, 0.2) is 0 Å². The number of hydrogen-bond donors (Lipinski definition) is 1. The van der Waals surface area contributed by atoms with Crippen molar-refractivity contribution in [2.75, 3.05) is 26.7 Å². The summed E-state index contributed by atoms with van der Waals surface area (Å²) in [6.45, 7) is 8.05. The van der Waals surface area contributed by atoms with Gasteiger partial charge >= 0.3 is 5.97 Å². The van der Waals surface area contributed by atoms with E-state index in [9.17, 15) is 9.59 Å². The number of ether oxygens (including phenoxy) is 1. The van der Waals surface area contributed by atoms with E-state index in [4.69, 9.17) is 5.26 Å². The van der Waals surface area contributed by atoms with Crippen LogP contribution in [-0.4, -0.2) is 43.5 Å². The predicted molar refractivity (Wildman–Crippen MR) is 75.3 cm³/mol. The summed E-state index contributed by atoms with van der Waals surface area (Å²) in [5, 5.41) is 11.7. The summed E-state index contributed by atoms with van der Waals surface area (Å²) in [4.78, 5) is 24.4. The molecule has 0 atom stereocenters. The van der Waals surface area contributed by atoms with Crippen molar-refractivity contribution >= 4 is 11.9 Å². The van der Waals surface area contributed by atoms with Gasteiger partial charge in [-0.25, -0.2) is 0 Å². The molecule has 0 heterocycles. The predicted octanol–water partition coefficient (Wildman–Crippen LogP) is 0.747. The number of rotatable bonds is 9. The fourth-order valence-electron chi connectivity index (χ4n) is 1.31. The maximum absolute atomic E-state index is 12.0. The SMILES string of the molecule is C=CCN(CC=C)C(=O)/C(C#N)=C\NCCC(=O)OC. The molecule has 1 N–H and O–H groups in total. The Morgan fingerprint density at radius 3 is 2.40 bits per heavy atom. The summed E-state index contributed by atoms with van der Waals surface area (Å²) >= 11 is 0. The molecule has 0 spiro atoms. The van der Waals surface area contributed by atoms with Crippen LogP contribution in [0.4, 0.5) is 0 Å². The minimum Gasteiger partial charge on any atom is -0.469 e. The Bertz CT molecular complexity index is 425. The molecule has 0 aliphatic carbocycles. The van der Waals surface area contributed by atoms with Crippen molar-refractivity contribution in [3.8, 4) is 6.07 Å². The molecule has 0 unspecified atom stereocenters. The fourth-order valence-corrected chi connectivity index (χ4v) is 1.31. The van der Waals surface area contributed by atoms with Crippen molar-refractivity contribution in [2.45, 2.75) is 6.42 Å². The molecule has 0 aliphatic heterocycles. The molecule has 20 heavy (non-hydrogen) atoms. The molecule has 108 valence electrons. The normalized spacial score (nSPS) is 10.1. The monoisotopic (exact) mass is 277 g/mol. The summed E-state index contributed by atoms with van der Waals surface area (Å²) in [7, 11) is 1.30. The number of carbonyl (C=O) groups is 2. The highest BCUT2D eigenvalue weighted by molar-refractivity contribution is 5.97. The van der Waals surface area contributed by atoms with Gasteiger partial charge in [0.25, 0.3) is 5.91 Å². The van der Waals surface area contributed by atoms with Gasteiger partial charge in [-0.3, -0.25) is 9.59 Å². The minimum absolute atomic E-state index is 0.0430. The number of nitriles is 1. The van der Waals surface area contributed by atoms with E-state index < -0.39 is 5.91 Å². The highest BCUT2D eigenvalue weighted by Gasteiger charge is 2.15. The van der Waals surface area contributed by atoms with Crippen molar-refractivity contribution in [3.05, 3.63) is 37.1 Å². The molecule has 6 nitrogen and oxygen atoms in total. The summed E-state index contributed by atoms with van der Waals surface area (Å²) in [5.41, 5.74) is -0.0430. The molecule has 6 heteroatoms. The molecule has 0 radical (unpaired) electrons. The third-order valence-corrected chi connectivity index (χ3v) is 2.28. The molecular weight excluding hydrogens is 258 g/mol. The van der Waals surface area contributed by atoms with Crippen LogP contribution in [0.15, 0.2) is 37.1 Å². The number of amides is 1.